The van der Waals surface area contributed by atoms with E-state index in [1.807, 2.05) is 0 Å². The van der Waals surface area contributed by atoms with Gasteiger partial charge >= 0.3 is 5.97 Å². The minimum Gasteiger partial charge on any atom is -0.462 e. The number of rotatable bonds is 6. The molecule has 1 N–H and O–H groups in total. The van der Waals surface area contributed by atoms with Crippen LogP contribution in [0.15, 0.2) is 0 Å². The van der Waals surface area contributed by atoms with Crippen molar-refractivity contribution in [3.63, 3.8) is 0 Å². The Labute approximate surface area is 197 Å². The van der Waals surface area contributed by atoms with Gasteiger partial charge in [-0.15, -0.1) is 0 Å². The lowest BCUT2D eigenvalue weighted by atomic mass is 9.43. The lowest BCUT2D eigenvalue weighted by molar-refractivity contribution is -0.224. The van der Waals surface area contributed by atoms with Crippen molar-refractivity contribution >= 4 is 5.97 Å². The van der Waals surface area contributed by atoms with Crippen molar-refractivity contribution in [2.24, 2.45) is 46.3 Å². The van der Waals surface area contributed by atoms with Crippen LogP contribution in [-0.4, -0.2) is 22.8 Å². The molecule has 9 atom stereocenters. The second-order valence-corrected chi connectivity index (χ2v) is 13.4. The van der Waals surface area contributed by atoms with Crippen LogP contribution in [0.5, 0.6) is 0 Å². The molecule has 0 saturated heterocycles. The van der Waals surface area contributed by atoms with Crippen molar-refractivity contribution < 1.29 is 14.6 Å². The maximum absolute atomic E-state index is 11.9. The van der Waals surface area contributed by atoms with Crippen molar-refractivity contribution in [1.29, 1.82) is 0 Å². The summed E-state index contributed by atoms with van der Waals surface area (Å²) in [6, 6.07) is 0. The fourth-order valence-electron chi connectivity index (χ4n) is 9.57. The second-order valence-electron chi connectivity index (χ2n) is 13.4. The van der Waals surface area contributed by atoms with E-state index in [4.69, 9.17) is 4.74 Å². The van der Waals surface area contributed by atoms with Gasteiger partial charge in [0.2, 0.25) is 0 Å². The van der Waals surface area contributed by atoms with E-state index in [1.54, 1.807) is 0 Å². The smallest absolute Gasteiger partial charge is 0.302 e. The van der Waals surface area contributed by atoms with Crippen LogP contribution < -0.4 is 0 Å². The Morgan fingerprint density at radius 1 is 0.969 bits per heavy atom. The highest BCUT2D eigenvalue weighted by atomic mass is 16.5. The molecule has 4 rings (SSSR count). The zero-order valence-electron chi connectivity index (χ0n) is 21.8. The maximum atomic E-state index is 11.9. The van der Waals surface area contributed by atoms with Crippen LogP contribution in [0.4, 0.5) is 0 Å². The average Bonchev–Trinajstić information content (AvgIpc) is 3.05. The molecule has 0 bridgehead atoms. The Bertz CT molecular complexity index is 688. The molecule has 4 aliphatic rings. The summed E-state index contributed by atoms with van der Waals surface area (Å²) < 4.78 is 5.56. The van der Waals surface area contributed by atoms with Crippen molar-refractivity contribution in [3.8, 4) is 0 Å². The monoisotopic (exact) mass is 446 g/mol. The molecular weight excluding hydrogens is 396 g/mol. The van der Waals surface area contributed by atoms with Gasteiger partial charge in [0.15, 0.2) is 0 Å². The van der Waals surface area contributed by atoms with Gasteiger partial charge in [0.1, 0.15) is 6.10 Å². The second kappa shape index (κ2) is 8.90. The standard InChI is InChI=1S/C29H50O3/c1-19(2)8-7-9-20(3)24-10-11-25-23-13-17-29(31)18-22(32-21(4)30)12-16-28(29,6)26(23)14-15-27(24,25)5/h19-20,22-26,31H,7-18H2,1-6H3/t20-,22-,23+,24+,25-,26+,27+,28+,29+/m0/s1. The third-order valence-corrected chi connectivity index (χ3v) is 11.3. The first kappa shape index (κ1) is 24.6. The molecule has 32 heavy (non-hydrogen) atoms. The number of fused-ring (bicyclic) bond motifs is 5. The van der Waals surface area contributed by atoms with E-state index < -0.39 is 5.60 Å². The van der Waals surface area contributed by atoms with Gasteiger partial charge < -0.3 is 9.84 Å². The molecule has 0 amide bonds. The first-order valence-corrected chi connectivity index (χ1v) is 13.9. The van der Waals surface area contributed by atoms with Crippen molar-refractivity contribution in [1.82, 2.24) is 0 Å². The third kappa shape index (κ3) is 4.07. The predicted octanol–water partition coefficient (Wildman–Crippen LogP) is 7.15. The molecule has 184 valence electrons. The van der Waals surface area contributed by atoms with Gasteiger partial charge in [-0.3, -0.25) is 4.79 Å². The molecule has 0 aliphatic heterocycles. The zero-order valence-corrected chi connectivity index (χ0v) is 21.8. The molecule has 0 radical (unpaired) electrons. The zero-order chi connectivity index (χ0) is 23.3. The lowest BCUT2D eigenvalue weighted by Crippen LogP contribution is -2.63. The summed E-state index contributed by atoms with van der Waals surface area (Å²) in [5.74, 6) is 4.59. The lowest BCUT2D eigenvalue weighted by Gasteiger charge is -2.64. The molecule has 4 aliphatic carbocycles. The van der Waals surface area contributed by atoms with E-state index in [0.717, 1.165) is 55.3 Å². The van der Waals surface area contributed by atoms with Crippen LogP contribution >= 0.6 is 0 Å². The highest BCUT2D eigenvalue weighted by Gasteiger charge is 2.64. The Morgan fingerprint density at radius 3 is 2.41 bits per heavy atom. The van der Waals surface area contributed by atoms with Gasteiger partial charge in [0.05, 0.1) is 5.60 Å². The number of esters is 1. The summed E-state index contributed by atoms with van der Waals surface area (Å²) in [5, 5.41) is 11.9. The molecule has 0 spiro atoms. The fraction of sp³-hybridized carbons (Fsp3) is 0.966. The quantitative estimate of drug-likeness (QED) is 0.440. The predicted molar refractivity (Wildman–Crippen MR) is 130 cm³/mol. The molecule has 0 heterocycles. The molecule has 4 saturated carbocycles. The summed E-state index contributed by atoms with van der Waals surface area (Å²) in [5.41, 5.74) is -0.184. The Kier molecular flexibility index (Phi) is 6.83. The fourth-order valence-corrected chi connectivity index (χ4v) is 9.57. The number of carbonyl (C=O) groups is 1. The minimum atomic E-state index is -0.664. The summed E-state index contributed by atoms with van der Waals surface area (Å²) in [6.07, 6.45) is 14.1. The summed E-state index contributed by atoms with van der Waals surface area (Å²) in [7, 11) is 0. The Morgan fingerprint density at radius 2 is 1.72 bits per heavy atom. The Hall–Kier alpha value is -0.570. The van der Waals surface area contributed by atoms with Crippen LogP contribution in [0.2, 0.25) is 0 Å². The van der Waals surface area contributed by atoms with Crippen molar-refractivity contribution in [2.75, 3.05) is 0 Å². The average molecular weight is 447 g/mol. The summed E-state index contributed by atoms with van der Waals surface area (Å²) >= 11 is 0. The highest BCUT2D eigenvalue weighted by molar-refractivity contribution is 5.66. The van der Waals surface area contributed by atoms with Crippen LogP contribution in [0.25, 0.3) is 0 Å². The summed E-state index contributed by atoms with van der Waals surface area (Å²) in [4.78, 5) is 11.5. The van der Waals surface area contributed by atoms with Gasteiger partial charge in [-0.1, -0.05) is 53.9 Å². The number of ether oxygens (including phenoxy) is 1. The van der Waals surface area contributed by atoms with Crippen LogP contribution in [0.1, 0.15) is 119 Å². The van der Waals surface area contributed by atoms with Crippen LogP contribution in [0, 0.1) is 46.3 Å². The number of carbonyl (C=O) groups excluding carboxylic acids is 1. The molecule has 0 aromatic rings. The van der Waals surface area contributed by atoms with E-state index in [0.29, 0.717) is 17.8 Å². The highest BCUT2D eigenvalue weighted by Crippen LogP contribution is 2.69. The molecular formula is C29H50O3. The molecule has 3 heteroatoms. The van der Waals surface area contributed by atoms with E-state index in [-0.39, 0.29) is 17.5 Å². The minimum absolute atomic E-state index is 0.0190. The van der Waals surface area contributed by atoms with Gasteiger partial charge in [-0.2, -0.15) is 0 Å². The third-order valence-electron chi connectivity index (χ3n) is 11.3. The number of hydrogen-bond donors (Lipinski definition) is 1. The number of hydrogen-bond acceptors (Lipinski definition) is 3. The van der Waals surface area contributed by atoms with E-state index in [1.165, 1.54) is 51.9 Å². The first-order chi connectivity index (χ1) is 15.0. The molecule has 4 fully saturated rings. The molecule has 0 unspecified atom stereocenters. The van der Waals surface area contributed by atoms with E-state index >= 15 is 0 Å². The SMILES string of the molecule is CC(=O)O[C@H]1CC[C@]2(C)[C@@H]3CC[C@]4(C)[C@@H]([C@@H](C)CCCC(C)C)CC[C@H]4[C@H]3CC[C@@]2(O)C1. The van der Waals surface area contributed by atoms with Crippen LogP contribution in [0.3, 0.4) is 0 Å². The summed E-state index contributed by atoms with van der Waals surface area (Å²) in [6.45, 7) is 13.8. The van der Waals surface area contributed by atoms with Gasteiger partial charge in [0, 0.05) is 13.3 Å². The topological polar surface area (TPSA) is 46.5 Å². The van der Waals surface area contributed by atoms with Gasteiger partial charge in [-0.25, -0.2) is 0 Å². The van der Waals surface area contributed by atoms with Crippen molar-refractivity contribution in [3.05, 3.63) is 0 Å². The van der Waals surface area contributed by atoms with E-state index in [2.05, 4.69) is 34.6 Å². The van der Waals surface area contributed by atoms with Crippen LogP contribution in [-0.2, 0) is 9.53 Å². The number of aliphatic hydroxyl groups is 1. The first-order valence-electron chi connectivity index (χ1n) is 13.9. The maximum Gasteiger partial charge on any atom is 0.302 e. The van der Waals surface area contributed by atoms with E-state index in [9.17, 15) is 9.90 Å². The van der Waals surface area contributed by atoms with Crippen molar-refractivity contribution in [2.45, 2.75) is 130 Å². The molecule has 3 nitrogen and oxygen atoms in total. The largest absolute Gasteiger partial charge is 0.462 e. The normalized spacial score (nSPS) is 46.8. The molecule has 0 aromatic heterocycles. The molecule has 0 aromatic carbocycles. The Balaban J connectivity index is 1.47. The van der Waals surface area contributed by atoms with Gasteiger partial charge in [-0.05, 0) is 97.7 Å². The van der Waals surface area contributed by atoms with Gasteiger partial charge in [0.25, 0.3) is 0 Å².